The molecule has 0 N–H and O–H groups in total. The topological polar surface area (TPSA) is 88.1 Å². The predicted molar refractivity (Wildman–Crippen MR) is 124 cm³/mol. The monoisotopic (exact) mass is 454 g/mol. The maximum atomic E-state index is 11.9. The van der Waals surface area contributed by atoms with Crippen molar-refractivity contribution in [3.8, 4) is 0 Å². The van der Waals surface area contributed by atoms with Crippen molar-refractivity contribution in [1.82, 2.24) is 0 Å². The Morgan fingerprint density at radius 1 is 0.625 bits per heavy atom. The summed E-state index contributed by atoms with van der Waals surface area (Å²) in [5.74, 6) is -0.801. The van der Waals surface area contributed by atoms with Crippen molar-refractivity contribution in [1.29, 1.82) is 0 Å². The molecule has 0 aliphatic carbocycles. The first-order chi connectivity index (χ1) is 15.0. The molecule has 0 fully saturated rings. The molecule has 0 amide bonds. The SMILES string of the molecule is C=CC(=O)OCCCCCCC(C)(C)OC(=O)OCCCCCCC(C)(C)OC(=O)C=C. The molecule has 0 saturated heterocycles. The van der Waals surface area contributed by atoms with E-state index in [1.54, 1.807) is 0 Å². The Morgan fingerprint density at radius 3 is 1.56 bits per heavy atom. The van der Waals surface area contributed by atoms with Crippen LogP contribution in [0.15, 0.2) is 25.3 Å². The Morgan fingerprint density at radius 2 is 1.06 bits per heavy atom. The Hall–Kier alpha value is -2.31. The minimum absolute atomic E-state index is 0.327. The van der Waals surface area contributed by atoms with Crippen LogP contribution in [0.4, 0.5) is 4.79 Å². The van der Waals surface area contributed by atoms with Gasteiger partial charge in [-0.05, 0) is 66.2 Å². The van der Waals surface area contributed by atoms with E-state index < -0.39 is 29.3 Å². The van der Waals surface area contributed by atoms with Crippen molar-refractivity contribution < 1.29 is 33.3 Å². The number of ether oxygens (including phenoxy) is 4. The molecule has 7 heteroatoms. The third-order valence-electron chi connectivity index (χ3n) is 4.88. The molecule has 0 spiro atoms. The maximum absolute atomic E-state index is 11.9. The Kier molecular flexibility index (Phi) is 15.2. The average Bonchev–Trinajstić information content (AvgIpc) is 2.71. The third-order valence-corrected chi connectivity index (χ3v) is 4.88. The summed E-state index contributed by atoms with van der Waals surface area (Å²) >= 11 is 0. The van der Waals surface area contributed by atoms with Gasteiger partial charge in [0.05, 0.1) is 13.2 Å². The number of esters is 2. The van der Waals surface area contributed by atoms with Crippen LogP contribution in [0.25, 0.3) is 0 Å². The van der Waals surface area contributed by atoms with Gasteiger partial charge in [0.15, 0.2) is 0 Å². The van der Waals surface area contributed by atoms with E-state index in [4.69, 9.17) is 18.9 Å². The molecule has 0 radical (unpaired) electrons. The van der Waals surface area contributed by atoms with Crippen LogP contribution in [-0.2, 0) is 28.5 Å². The smallest absolute Gasteiger partial charge is 0.463 e. The largest absolute Gasteiger partial charge is 0.508 e. The fourth-order valence-corrected chi connectivity index (χ4v) is 3.07. The minimum Gasteiger partial charge on any atom is -0.463 e. The van der Waals surface area contributed by atoms with Crippen LogP contribution < -0.4 is 0 Å². The molecule has 0 aromatic rings. The average molecular weight is 455 g/mol. The highest BCUT2D eigenvalue weighted by Gasteiger charge is 2.23. The van der Waals surface area contributed by atoms with E-state index in [1.165, 1.54) is 6.08 Å². The molecule has 0 bridgehead atoms. The molecule has 0 aromatic carbocycles. The number of unbranched alkanes of at least 4 members (excludes halogenated alkanes) is 6. The summed E-state index contributed by atoms with van der Waals surface area (Å²) in [4.78, 5) is 34.1. The van der Waals surface area contributed by atoms with Gasteiger partial charge in [-0.15, -0.1) is 0 Å². The summed E-state index contributed by atoms with van der Waals surface area (Å²) < 4.78 is 20.8. The molecule has 0 aliphatic rings. The lowest BCUT2D eigenvalue weighted by Gasteiger charge is -2.24. The van der Waals surface area contributed by atoms with Crippen molar-refractivity contribution in [2.75, 3.05) is 13.2 Å². The first-order valence-corrected chi connectivity index (χ1v) is 11.5. The van der Waals surface area contributed by atoms with Gasteiger partial charge >= 0.3 is 18.1 Å². The zero-order chi connectivity index (χ0) is 24.5. The van der Waals surface area contributed by atoms with E-state index in [-0.39, 0.29) is 0 Å². The molecule has 0 heterocycles. The normalized spacial score (nSPS) is 11.4. The number of hydrogen-bond donors (Lipinski definition) is 0. The van der Waals surface area contributed by atoms with Gasteiger partial charge in [0.25, 0.3) is 0 Å². The van der Waals surface area contributed by atoms with E-state index in [9.17, 15) is 14.4 Å². The van der Waals surface area contributed by atoms with Crippen LogP contribution in [0.1, 0.15) is 91.9 Å². The lowest BCUT2D eigenvalue weighted by molar-refractivity contribution is -0.150. The van der Waals surface area contributed by atoms with Gasteiger partial charge in [-0.2, -0.15) is 0 Å². The van der Waals surface area contributed by atoms with Crippen LogP contribution in [0.5, 0.6) is 0 Å². The molecule has 0 atom stereocenters. The Labute approximate surface area is 193 Å². The first kappa shape index (κ1) is 29.7. The highest BCUT2D eigenvalue weighted by molar-refractivity contribution is 5.81. The minimum atomic E-state index is -0.635. The van der Waals surface area contributed by atoms with Crippen LogP contribution in [-0.4, -0.2) is 42.5 Å². The fourth-order valence-electron chi connectivity index (χ4n) is 3.07. The third kappa shape index (κ3) is 17.4. The molecular formula is C25H42O7. The Bertz CT molecular complexity index is 593. The van der Waals surface area contributed by atoms with Gasteiger partial charge in [0, 0.05) is 12.2 Å². The first-order valence-electron chi connectivity index (χ1n) is 11.5. The standard InChI is InChI=1S/C25H42O7/c1-7-21(26)29-19-15-11-9-14-18-25(5,6)32-23(28)30-20-16-12-10-13-17-24(3,4)31-22(27)8-2/h7-8H,1-2,9-20H2,3-6H3. The highest BCUT2D eigenvalue weighted by Crippen LogP contribution is 2.21. The maximum Gasteiger partial charge on any atom is 0.508 e. The van der Waals surface area contributed by atoms with Gasteiger partial charge in [-0.3, -0.25) is 0 Å². The summed E-state index contributed by atoms with van der Waals surface area (Å²) in [6.45, 7) is 15.0. The van der Waals surface area contributed by atoms with Crippen molar-refractivity contribution in [3.05, 3.63) is 25.3 Å². The lowest BCUT2D eigenvalue weighted by Crippen LogP contribution is -2.28. The quantitative estimate of drug-likeness (QED) is 0.108. The van der Waals surface area contributed by atoms with Gasteiger partial charge in [-0.1, -0.05) is 38.8 Å². The summed E-state index contributed by atoms with van der Waals surface area (Å²) in [7, 11) is 0. The molecule has 0 aromatic heterocycles. The zero-order valence-electron chi connectivity index (χ0n) is 20.4. The molecule has 0 aliphatic heterocycles. The highest BCUT2D eigenvalue weighted by atomic mass is 16.7. The summed E-state index contributed by atoms with van der Waals surface area (Å²) in [5, 5.41) is 0. The van der Waals surface area contributed by atoms with Gasteiger partial charge in [0.2, 0.25) is 0 Å². The van der Waals surface area contributed by atoms with E-state index in [0.717, 1.165) is 70.3 Å². The molecule has 0 rings (SSSR count). The number of carbonyl (C=O) groups excluding carboxylic acids is 3. The molecule has 0 saturated carbocycles. The summed E-state index contributed by atoms with van der Waals surface area (Å²) in [6, 6.07) is 0. The second-order valence-electron chi connectivity index (χ2n) is 9.05. The molecule has 184 valence electrons. The predicted octanol–water partition coefficient (Wildman–Crippen LogP) is 6.06. The molecule has 32 heavy (non-hydrogen) atoms. The van der Waals surface area contributed by atoms with E-state index >= 15 is 0 Å². The van der Waals surface area contributed by atoms with E-state index in [2.05, 4.69) is 13.2 Å². The van der Waals surface area contributed by atoms with Crippen molar-refractivity contribution >= 4 is 18.1 Å². The lowest BCUT2D eigenvalue weighted by atomic mass is 10.00. The van der Waals surface area contributed by atoms with Crippen LogP contribution in [0.2, 0.25) is 0 Å². The van der Waals surface area contributed by atoms with Gasteiger partial charge in [-0.25, -0.2) is 14.4 Å². The Balaban J connectivity index is 3.76. The van der Waals surface area contributed by atoms with Gasteiger partial charge in [0.1, 0.15) is 11.2 Å². The van der Waals surface area contributed by atoms with Crippen LogP contribution in [0.3, 0.4) is 0 Å². The summed E-state index contributed by atoms with van der Waals surface area (Å²) in [6.07, 6.45) is 10.4. The van der Waals surface area contributed by atoms with Crippen molar-refractivity contribution in [2.45, 2.75) is 103 Å². The second-order valence-corrected chi connectivity index (χ2v) is 9.05. The van der Waals surface area contributed by atoms with E-state index in [0.29, 0.717) is 13.2 Å². The zero-order valence-corrected chi connectivity index (χ0v) is 20.4. The molecular weight excluding hydrogens is 412 g/mol. The number of rotatable bonds is 18. The molecule has 7 nitrogen and oxygen atoms in total. The van der Waals surface area contributed by atoms with Crippen LogP contribution >= 0.6 is 0 Å². The second kappa shape index (κ2) is 16.3. The van der Waals surface area contributed by atoms with Gasteiger partial charge < -0.3 is 18.9 Å². The van der Waals surface area contributed by atoms with Crippen LogP contribution in [0, 0.1) is 0 Å². The number of hydrogen-bond acceptors (Lipinski definition) is 7. The van der Waals surface area contributed by atoms with E-state index in [1.807, 2.05) is 27.7 Å². The number of carbonyl (C=O) groups is 3. The van der Waals surface area contributed by atoms with Crippen molar-refractivity contribution in [2.24, 2.45) is 0 Å². The summed E-state index contributed by atoms with van der Waals surface area (Å²) in [5.41, 5.74) is -1.09. The van der Waals surface area contributed by atoms with Crippen molar-refractivity contribution in [3.63, 3.8) is 0 Å². The molecule has 0 unspecified atom stereocenters. The fraction of sp³-hybridized carbons (Fsp3) is 0.720.